The third-order valence-corrected chi connectivity index (χ3v) is 5.87. The Kier molecular flexibility index (Phi) is 4.34. The lowest BCUT2D eigenvalue weighted by Gasteiger charge is -2.04. The zero-order valence-corrected chi connectivity index (χ0v) is 14.1. The van der Waals surface area contributed by atoms with Crippen molar-refractivity contribution in [1.82, 2.24) is 4.98 Å². The average Bonchev–Trinajstić information content (AvgIpc) is 2.88. The lowest BCUT2D eigenvalue weighted by Crippen LogP contribution is -2.22. The van der Waals surface area contributed by atoms with Crippen LogP contribution in [0.25, 0.3) is 10.2 Å². The Morgan fingerprint density at radius 2 is 1.83 bits per heavy atom. The largest absolute Gasteiger partial charge is 0.301 e. The molecule has 5 nitrogen and oxygen atoms in total. The molecule has 0 spiro atoms. The van der Waals surface area contributed by atoms with Crippen molar-refractivity contribution >= 4 is 54.0 Å². The minimum absolute atomic E-state index is 0.0568. The zero-order valence-electron chi connectivity index (χ0n) is 11.7. The molecule has 0 aliphatic heterocycles. The minimum Gasteiger partial charge on any atom is -0.301 e. The van der Waals surface area contributed by atoms with E-state index in [1.807, 2.05) is 24.3 Å². The Labute approximate surface area is 141 Å². The summed E-state index contributed by atoms with van der Waals surface area (Å²) in [5.74, 6) is -1.27. The Bertz CT molecular complexity index is 933. The van der Waals surface area contributed by atoms with E-state index in [-0.39, 0.29) is 4.90 Å². The predicted octanol–water partition coefficient (Wildman–Crippen LogP) is 3.36. The van der Waals surface area contributed by atoms with Gasteiger partial charge in [-0.15, -0.1) is 0 Å². The number of sulfone groups is 1. The van der Waals surface area contributed by atoms with Gasteiger partial charge < -0.3 is 5.32 Å². The summed E-state index contributed by atoms with van der Waals surface area (Å²) < 4.78 is 25.3. The van der Waals surface area contributed by atoms with Gasteiger partial charge in [-0.05, 0) is 36.4 Å². The van der Waals surface area contributed by atoms with Gasteiger partial charge in [-0.1, -0.05) is 35.1 Å². The second-order valence-corrected chi connectivity index (χ2v) is 8.20. The topological polar surface area (TPSA) is 76.1 Å². The minimum atomic E-state index is -3.72. The van der Waals surface area contributed by atoms with Gasteiger partial charge in [0, 0.05) is 5.02 Å². The van der Waals surface area contributed by atoms with Crippen LogP contribution in [0, 0.1) is 0 Å². The second kappa shape index (κ2) is 6.27. The van der Waals surface area contributed by atoms with Crippen LogP contribution < -0.4 is 5.32 Å². The van der Waals surface area contributed by atoms with Crippen LogP contribution in [0.4, 0.5) is 5.13 Å². The molecular formula is C15H11ClN2O3S2. The van der Waals surface area contributed by atoms with Crippen molar-refractivity contribution in [2.24, 2.45) is 0 Å². The molecule has 23 heavy (non-hydrogen) atoms. The summed E-state index contributed by atoms with van der Waals surface area (Å²) in [6.07, 6.45) is 0. The monoisotopic (exact) mass is 366 g/mol. The summed E-state index contributed by atoms with van der Waals surface area (Å²) in [6, 6.07) is 13.1. The molecule has 3 rings (SSSR count). The van der Waals surface area contributed by atoms with Gasteiger partial charge in [0.15, 0.2) is 15.0 Å². The highest BCUT2D eigenvalue weighted by atomic mass is 35.5. The molecule has 1 amide bonds. The molecule has 0 aliphatic carbocycles. The molecule has 1 heterocycles. The lowest BCUT2D eigenvalue weighted by atomic mass is 10.3. The predicted molar refractivity (Wildman–Crippen MR) is 91.8 cm³/mol. The summed E-state index contributed by atoms with van der Waals surface area (Å²) in [5.41, 5.74) is 0.758. The van der Waals surface area contributed by atoms with Gasteiger partial charge in [0.1, 0.15) is 5.75 Å². The quantitative estimate of drug-likeness (QED) is 0.768. The molecule has 2 aromatic carbocycles. The number of fused-ring (bicyclic) bond motifs is 1. The van der Waals surface area contributed by atoms with Gasteiger partial charge in [0.25, 0.3) is 0 Å². The first-order valence-corrected chi connectivity index (χ1v) is 9.42. The summed E-state index contributed by atoms with van der Waals surface area (Å²) in [5, 5.41) is 3.34. The zero-order chi connectivity index (χ0) is 16.4. The summed E-state index contributed by atoms with van der Waals surface area (Å²) in [4.78, 5) is 16.3. The molecule has 0 atom stereocenters. The third kappa shape index (κ3) is 3.69. The number of thiazole rings is 1. The van der Waals surface area contributed by atoms with Gasteiger partial charge in [-0.2, -0.15) is 0 Å². The first kappa shape index (κ1) is 15.9. The summed E-state index contributed by atoms with van der Waals surface area (Å²) >= 11 is 7.03. The molecule has 1 aromatic heterocycles. The molecule has 0 unspecified atom stereocenters. The van der Waals surface area contributed by atoms with Crippen LogP contribution in [0.3, 0.4) is 0 Å². The molecule has 0 radical (unpaired) electrons. The fraction of sp³-hybridized carbons (Fsp3) is 0.0667. The van der Waals surface area contributed by atoms with Crippen LogP contribution in [0.15, 0.2) is 53.4 Å². The molecule has 0 saturated heterocycles. The number of nitrogens with zero attached hydrogens (tertiary/aromatic N) is 1. The maximum atomic E-state index is 12.2. The molecule has 0 bridgehead atoms. The normalized spacial score (nSPS) is 11.5. The summed E-state index contributed by atoms with van der Waals surface area (Å²) in [7, 11) is -3.72. The number of hydrogen-bond donors (Lipinski definition) is 1. The van der Waals surface area contributed by atoms with Gasteiger partial charge in [-0.3, -0.25) is 4.79 Å². The fourth-order valence-electron chi connectivity index (χ4n) is 1.98. The SMILES string of the molecule is O=C(CS(=O)(=O)c1ccc(Cl)cc1)Nc1nc2ccccc2s1. The standard InChI is InChI=1S/C15H11ClN2O3S2/c16-10-5-7-11(8-6-10)23(20,21)9-14(19)18-15-17-12-3-1-2-4-13(12)22-15/h1-8H,9H2,(H,17,18,19). The van der Waals surface area contributed by atoms with Gasteiger partial charge >= 0.3 is 0 Å². The molecule has 3 aromatic rings. The van der Waals surface area contributed by atoms with E-state index in [1.54, 1.807) is 0 Å². The number of carbonyl (C=O) groups is 1. The molecular weight excluding hydrogens is 356 g/mol. The van der Waals surface area contributed by atoms with Crippen LogP contribution in [0.2, 0.25) is 5.02 Å². The van der Waals surface area contributed by atoms with Gasteiger partial charge in [-0.25, -0.2) is 13.4 Å². The Hall–Kier alpha value is -1.96. The molecule has 8 heteroatoms. The molecule has 0 fully saturated rings. The van der Waals surface area contributed by atoms with E-state index in [1.165, 1.54) is 35.6 Å². The number of para-hydroxylation sites is 1. The number of rotatable bonds is 4. The third-order valence-electron chi connectivity index (χ3n) is 3.03. The van der Waals surface area contributed by atoms with Gasteiger partial charge in [0.2, 0.25) is 5.91 Å². The summed E-state index contributed by atoms with van der Waals surface area (Å²) in [6.45, 7) is 0. The van der Waals surface area contributed by atoms with E-state index in [4.69, 9.17) is 11.6 Å². The van der Waals surface area contributed by atoms with Crippen molar-refractivity contribution in [3.05, 3.63) is 53.6 Å². The Morgan fingerprint density at radius 1 is 1.13 bits per heavy atom. The highest BCUT2D eigenvalue weighted by molar-refractivity contribution is 7.92. The highest BCUT2D eigenvalue weighted by Crippen LogP contribution is 2.25. The number of anilines is 1. The number of nitrogens with one attached hydrogen (secondary N) is 1. The van der Waals surface area contributed by atoms with Crippen LogP contribution in [0.1, 0.15) is 0 Å². The number of halogens is 1. The van der Waals surface area contributed by atoms with Crippen LogP contribution >= 0.6 is 22.9 Å². The number of hydrogen-bond acceptors (Lipinski definition) is 5. The average molecular weight is 367 g/mol. The van der Waals surface area contributed by atoms with Crippen molar-refractivity contribution in [1.29, 1.82) is 0 Å². The molecule has 0 aliphatic rings. The Balaban J connectivity index is 1.74. The lowest BCUT2D eigenvalue weighted by molar-refractivity contribution is -0.113. The number of benzene rings is 2. The molecule has 0 saturated carbocycles. The van der Waals surface area contributed by atoms with Crippen molar-refractivity contribution in [3.8, 4) is 0 Å². The van der Waals surface area contributed by atoms with E-state index in [9.17, 15) is 13.2 Å². The second-order valence-electron chi connectivity index (χ2n) is 4.75. The molecule has 1 N–H and O–H groups in total. The van der Waals surface area contributed by atoms with Crippen LogP contribution in [-0.2, 0) is 14.6 Å². The van der Waals surface area contributed by atoms with E-state index in [2.05, 4.69) is 10.3 Å². The smallest absolute Gasteiger partial charge is 0.241 e. The fourth-order valence-corrected chi connectivity index (χ4v) is 4.12. The first-order chi connectivity index (χ1) is 10.9. The van der Waals surface area contributed by atoms with Crippen LogP contribution in [0.5, 0.6) is 0 Å². The number of amides is 1. The van der Waals surface area contributed by atoms with E-state index in [0.29, 0.717) is 10.2 Å². The first-order valence-electron chi connectivity index (χ1n) is 6.58. The van der Waals surface area contributed by atoms with E-state index < -0.39 is 21.5 Å². The number of aromatic nitrogens is 1. The van der Waals surface area contributed by atoms with E-state index >= 15 is 0 Å². The molecule has 118 valence electrons. The van der Waals surface area contributed by atoms with Gasteiger partial charge in [0.05, 0.1) is 15.1 Å². The highest BCUT2D eigenvalue weighted by Gasteiger charge is 2.20. The van der Waals surface area contributed by atoms with Crippen molar-refractivity contribution in [2.75, 3.05) is 11.1 Å². The Morgan fingerprint density at radius 3 is 2.52 bits per heavy atom. The van der Waals surface area contributed by atoms with Crippen molar-refractivity contribution in [2.45, 2.75) is 4.90 Å². The maximum absolute atomic E-state index is 12.2. The van der Waals surface area contributed by atoms with Crippen molar-refractivity contribution in [3.63, 3.8) is 0 Å². The number of carbonyl (C=O) groups excluding carboxylic acids is 1. The van der Waals surface area contributed by atoms with Crippen LogP contribution in [-0.4, -0.2) is 25.1 Å². The maximum Gasteiger partial charge on any atom is 0.241 e. The van der Waals surface area contributed by atoms with E-state index in [0.717, 1.165) is 10.2 Å². The van der Waals surface area contributed by atoms with Crippen molar-refractivity contribution < 1.29 is 13.2 Å².